The van der Waals surface area contributed by atoms with Gasteiger partial charge in [0.2, 0.25) is 0 Å². The second-order valence-electron chi connectivity index (χ2n) is 6.26. The standard InChI is InChI=1S/C23H20N2O3/c26-23(28-21-9-5-2-6-10-21)25-15-22(24-17-25)19-11-13-20(14-12-19)27-16-18-7-3-1-4-8-18/h1-15,17,23,26H,16H2. The maximum Gasteiger partial charge on any atom is 0.286 e. The summed E-state index contributed by atoms with van der Waals surface area (Å²) in [5.41, 5.74) is 2.79. The summed E-state index contributed by atoms with van der Waals surface area (Å²) in [7, 11) is 0. The Labute approximate surface area is 163 Å². The van der Waals surface area contributed by atoms with Crippen LogP contribution in [0, 0.1) is 0 Å². The molecule has 1 N–H and O–H groups in total. The van der Waals surface area contributed by atoms with Gasteiger partial charge in [-0.2, -0.15) is 0 Å². The zero-order valence-electron chi connectivity index (χ0n) is 15.2. The van der Waals surface area contributed by atoms with Crippen LogP contribution in [0.3, 0.4) is 0 Å². The number of nitrogens with zero attached hydrogens (tertiary/aromatic N) is 2. The highest BCUT2D eigenvalue weighted by atomic mass is 16.6. The number of imidazole rings is 1. The smallest absolute Gasteiger partial charge is 0.286 e. The van der Waals surface area contributed by atoms with Crippen molar-refractivity contribution in [1.29, 1.82) is 0 Å². The number of rotatable bonds is 7. The van der Waals surface area contributed by atoms with E-state index in [4.69, 9.17) is 9.47 Å². The molecule has 4 aromatic rings. The molecular formula is C23H20N2O3. The van der Waals surface area contributed by atoms with Crippen LogP contribution in [0.2, 0.25) is 0 Å². The van der Waals surface area contributed by atoms with Crippen molar-refractivity contribution in [2.75, 3.05) is 0 Å². The van der Waals surface area contributed by atoms with Crippen molar-refractivity contribution >= 4 is 0 Å². The third kappa shape index (κ3) is 4.39. The van der Waals surface area contributed by atoms with Crippen molar-refractivity contribution in [3.8, 4) is 22.8 Å². The predicted octanol–water partition coefficient (Wildman–Crippen LogP) is 4.66. The molecule has 0 aliphatic carbocycles. The number of ether oxygens (including phenoxy) is 2. The Balaban J connectivity index is 1.39. The molecule has 0 fully saturated rings. The SMILES string of the molecule is OC(Oc1ccccc1)n1cnc(-c2ccc(OCc3ccccc3)cc2)c1. The van der Waals surface area contributed by atoms with E-state index in [1.165, 1.54) is 4.57 Å². The van der Waals surface area contributed by atoms with Crippen molar-refractivity contribution in [1.82, 2.24) is 9.55 Å². The minimum Gasteiger partial charge on any atom is -0.489 e. The van der Waals surface area contributed by atoms with E-state index in [9.17, 15) is 5.11 Å². The second-order valence-corrected chi connectivity index (χ2v) is 6.26. The number of aromatic nitrogens is 2. The normalized spacial score (nSPS) is 11.8. The summed E-state index contributed by atoms with van der Waals surface area (Å²) < 4.78 is 12.8. The molecule has 0 radical (unpaired) electrons. The minimum absolute atomic E-state index is 0.526. The molecule has 1 aromatic heterocycles. The third-order valence-corrected chi connectivity index (χ3v) is 4.24. The van der Waals surface area contributed by atoms with Crippen LogP contribution in [0.25, 0.3) is 11.3 Å². The van der Waals surface area contributed by atoms with Gasteiger partial charge >= 0.3 is 0 Å². The van der Waals surface area contributed by atoms with Crippen LogP contribution in [-0.2, 0) is 6.61 Å². The first-order chi connectivity index (χ1) is 13.8. The van der Waals surface area contributed by atoms with Gasteiger partial charge < -0.3 is 14.6 Å². The molecule has 4 rings (SSSR count). The predicted molar refractivity (Wildman–Crippen MR) is 107 cm³/mol. The average molecular weight is 372 g/mol. The van der Waals surface area contributed by atoms with Gasteiger partial charge in [0, 0.05) is 11.8 Å². The lowest BCUT2D eigenvalue weighted by molar-refractivity contribution is -0.0793. The lowest BCUT2D eigenvalue weighted by Crippen LogP contribution is -2.13. The quantitative estimate of drug-likeness (QED) is 0.480. The molecule has 0 saturated carbocycles. The van der Waals surface area contributed by atoms with Crippen LogP contribution >= 0.6 is 0 Å². The minimum atomic E-state index is -1.14. The lowest BCUT2D eigenvalue weighted by atomic mass is 10.1. The zero-order chi connectivity index (χ0) is 19.2. The Morgan fingerprint density at radius 1 is 0.821 bits per heavy atom. The highest BCUT2D eigenvalue weighted by Gasteiger charge is 2.10. The Morgan fingerprint density at radius 3 is 2.21 bits per heavy atom. The van der Waals surface area contributed by atoms with E-state index in [0.717, 1.165) is 22.6 Å². The maximum absolute atomic E-state index is 10.2. The number of hydrogen-bond donors (Lipinski definition) is 1. The second kappa shape index (κ2) is 8.41. The van der Waals surface area contributed by atoms with E-state index >= 15 is 0 Å². The van der Waals surface area contributed by atoms with Gasteiger partial charge in [-0.1, -0.05) is 48.5 Å². The summed E-state index contributed by atoms with van der Waals surface area (Å²) in [4.78, 5) is 4.35. The van der Waals surface area contributed by atoms with Gasteiger partial charge in [0.05, 0.1) is 5.69 Å². The molecule has 1 unspecified atom stereocenters. The Bertz CT molecular complexity index is 999. The highest BCUT2D eigenvalue weighted by molar-refractivity contribution is 5.59. The largest absolute Gasteiger partial charge is 0.489 e. The van der Waals surface area contributed by atoms with Gasteiger partial charge in [-0.05, 0) is 42.0 Å². The molecule has 0 saturated heterocycles. The van der Waals surface area contributed by atoms with Crippen LogP contribution in [0.15, 0.2) is 97.5 Å². The van der Waals surface area contributed by atoms with Gasteiger partial charge in [0.1, 0.15) is 24.4 Å². The van der Waals surface area contributed by atoms with Crippen molar-refractivity contribution in [2.45, 2.75) is 13.0 Å². The first-order valence-corrected chi connectivity index (χ1v) is 8.98. The molecule has 5 nitrogen and oxygen atoms in total. The summed E-state index contributed by atoms with van der Waals surface area (Å²) in [6.45, 7) is 0.526. The number of aliphatic hydroxyl groups is 1. The van der Waals surface area contributed by atoms with E-state index in [1.54, 1.807) is 24.7 Å². The van der Waals surface area contributed by atoms with Gasteiger partial charge in [-0.25, -0.2) is 4.98 Å². The maximum atomic E-state index is 10.2. The molecule has 0 aliphatic heterocycles. The van der Waals surface area contributed by atoms with Crippen molar-refractivity contribution in [3.63, 3.8) is 0 Å². The first kappa shape index (κ1) is 17.8. The molecule has 0 aliphatic rings. The highest BCUT2D eigenvalue weighted by Crippen LogP contribution is 2.23. The lowest BCUT2D eigenvalue weighted by Gasteiger charge is -2.13. The fourth-order valence-electron chi connectivity index (χ4n) is 2.75. The van der Waals surface area contributed by atoms with E-state index in [0.29, 0.717) is 12.4 Å². The third-order valence-electron chi connectivity index (χ3n) is 4.24. The molecule has 28 heavy (non-hydrogen) atoms. The van der Waals surface area contributed by atoms with Crippen LogP contribution in [0.4, 0.5) is 0 Å². The van der Waals surface area contributed by atoms with Crippen molar-refractivity contribution in [2.24, 2.45) is 0 Å². The molecule has 3 aromatic carbocycles. The fourth-order valence-corrected chi connectivity index (χ4v) is 2.75. The monoisotopic (exact) mass is 372 g/mol. The van der Waals surface area contributed by atoms with E-state index < -0.39 is 6.41 Å². The topological polar surface area (TPSA) is 56.5 Å². The Hall–Kier alpha value is -3.57. The van der Waals surface area contributed by atoms with Crippen LogP contribution < -0.4 is 9.47 Å². The molecule has 1 atom stereocenters. The Kier molecular flexibility index (Phi) is 5.36. The first-order valence-electron chi connectivity index (χ1n) is 8.98. The molecular weight excluding hydrogens is 352 g/mol. The molecule has 0 bridgehead atoms. The summed E-state index contributed by atoms with van der Waals surface area (Å²) in [5, 5.41) is 10.2. The number of aliphatic hydroxyl groups excluding tert-OH is 1. The average Bonchev–Trinajstić information content (AvgIpc) is 3.25. The summed E-state index contributed by atoms with van der Waals surface area (Å²) >= 11 is 0. The summed E-state index contributed by atoms with van der Waals surface area (Å²) in [6.07, 6.45) is 2.15. The molecule has 0 spiro atoms. The number of benzene rings is 3. The zero-order valence-corrected chi connectivity index (χ0v) is 15.2. The summed E-state index contributed by atoms with van der Waals surface area (Å²) in [5.74, 6) is 1.38. The van der Waals surface area contributed by atoms with Gasteiger partial charge in [0.15, 0.2) is 0 Å². The van der Waals surface area contributed by atoms with E-state index in [2.05, 4.69) is 4.98 Å². The molecule has 5 heteroatoms. The van der Waals surface area contributed by atoms with Crippen LogP contribution in [0.5, 0.6) is 11.5 Å². The van der Waals surface area contributed by atoms with Crippen LogP contribution in [-0.4, -0.2) is 14.7 Å². The molecule has 140 valence electrons. The van der Waals surface area contributed by atoms with Crippen molar-refractivity contribution in [3.05, 3.63) is 103 Å². The van der Waals surface area contributed by atoms with E-state index in [1.807, 2.05) is 72.8 Å². The summed E-state index contributed by atoms with van der Waals surface area (Å²) in [6, 6.07) is 26.9. The molecule has 1 heterocycles. The number of hydrogen-bond acceptors (Lipinski definition) is 4. The molecule has 0 amide bonds. The van der Waals surface area contributed by atoms with Gasteiger partial charge in [-0.3, -0.25) is 4.57 Å². The van der Waals surface area contributed by atoms with E-state index in [-0.39, 0.29) is 0 Å². The van der Waals surface area contributed by atoms with Crippen molar-refractivity contribution < 1.29 is 14.6 Å². The van der Waals surface area contributed by atoms with Crippen LogP contribution in [0.1, 0.15) is 12.0 Å². The fraction of sp³-hybridized carbons (Fsp3) is 0.0870. The Morgan fingerprint density at radius 2 is 1.50 bits per heavy atom. The number of para-hydroxylation sites is 1. The van der Waals surface area contributed by atoms with Gasteiger partial charge in [0.25, 0.3) is 6.41 Å². The van der Waals surface area contributed by atoms with Gasteiger partial charge in [-0.15, -0.1) is 0 Å².